The van der Waals surface area contributed by atoms with Crippen LogP contribution < -0.4 is 5.48 Å². The van der Waals surface area contributed by atoms with Gasteiger partial charge in [0.25, 0.3) is 0 Å². The zero-order valence-electron chi connectivity index (χ0n) is 17.4. The highest BCUT2D eigenvalue weighted by Gasteiger charge is 2.48. The first-order chi connectivity index (χ1) is 13.7. The molecule has 2 saturated heterocycles. The van der Waals surface area contributed by atoms with E-state index in [0.717, 1.165) is 29.9 Å². The molecule has 162 valence electrons. The average molecular weight is 430 g/mol. The zero-order chi connectivity index (χ0) is 19.8. The van der Waals surface area contributed by atoms with Crippen LogP contribution in [-0.4, -0.2) is 45.3 Å². The van der Waals surface area contributed by atoms with Crippen molar-refractivity contribution in [2.24, 2.45) is 11.8 Å². The fourth-order valence-corrected chi connectivity index (χ4v) is 8.00. The van der Waals surface area contributed by atoms with Crippen LogP contribution in [0.25, 0.3) is 0 Å². The van der Waals surface area contributed by atoms with Gasteiger partial charge in [-0.25, -0.2) is 5.48 Å². The van der Waals surface area contributed by atoms with Crippen molar-refractivity contribution < 1.29 is 14.7 Å². The van der Waals surface area contributed by atoms with Gasteiger partial charge >= 0.3 is 0 Å². The molecule has 5 unspecified atom stereocenters. The fourth-order valence-electron chi connectivity index (χ4n) is 5.25. The summed E-state index contributed by atoms with van der Waals surface area (Å²) in [5.41, 5.74) is 1.72. The molecular formula is C22H39NO3S2. The molecule has 2 heterocycles. The highest BCUT2D eigenvalue weighted by molar-refractivity contribution is 8.00. The van der Waals surface area contributed by atoms with Crippen LogP contribution in [-0.2, 0) is 9.53 Å². The summed E-state index contributed by atoms with van der Waals surface area (Å²) in [5.74, 6) is 3.73. The summed E-state index contributed by atoms with van der Waals surface area (Å²) in [6.45, 7) is 2.27. The van der Waals surface area contributed by atoms with E-state index in [-0.39, 0.29) is 5.91 Å². The van der Waals surface area contributed by atoms with Crippen LogP contribution in [0.2, 0.25) is 0 Å². The molecule has 0 radical (unpaired) electrons. The van der Waals surface area contributed by atoms with E-state index in [2.05, 4.69) is 30.4 Å². The third-order valence-electron chi connectivity index (χ3n) is 6.91. The summed E-state index contributed by atoms with van der Waals surface area (Å²) in [5, 5.41) is 10.1. The molecule has 2 aliphatic heterocycles. The molecule has 0 aromatic carbocycles. The lowest BCUT2D eigenvalue weighted by molar-refractivity contribution is -0.129. The highest BCUT2D eigenvalue weighted by Crippen LogP contribution is 2.47. The van der Waals surface area contributed by atoms with Crippen LogP contribution in [0.3, 0.4) is 0 Å². The van der Waals surface area contributed by atoms with Crippen molar-refractivity contribution in [3.05, 3.63) is 0 Å². The zero-order valence-corrected chi connectivity index (χ0v) is 19.1. The monoisotopic (exact) mass is 429 g/mol. The minimum Gasteiger partial charge on any atom is -0.374 e. The average Bonchev–Trinajstić information content (AvgIpc) is 3.20. The molecule has 1 aliphatic carbocycles. The van der Waals surface area contributed by atoms with Gasteiger partial charge in [-0.1, -0.05) is 32.6 Å². The highest BCUT2D eigenvalue weighted by atomic mass is 32.2. The van der Waals surface area contributed by atoms with Gasteiger partial charge in [0, 0.05) is 16.9 Å². The van der Waals surface area contributed by atoms with Gasteiger partial charge in [0.05, 0.1) is 12.2 Å². The Morgan fingerprint density at radius 1 is 1.11 bits per heavy atom. The summed E-state index contributed by atoms with van der Waals surface area (Å²) in [4.78, 5) is 11.1. The van der Waals surface area contributed by atoms with Crippen molar-refractivity contribution in [1.82, 2.24) is 5.48 Å². The second-order valence-electron chi connectivity index (χ2n) is 8.96. The maximum absolute atomic E-state index is 11.1. The first-order valence-corrected chi connectivity index (χ1v) is 13.6. The molecular weight excluding hydrogens is 390 g/mol. The molecule has 28 heavy (non-hydrogen) atoms. The van der Waals surface area contributed by atoms with Crippen LogP contribution in [0.5, 0.6) is 0 Å². The van der Waals surface area contributed by atoms with Gasteiger partial charge in [0.1, 0.15) is 0 Å². The Morgan fingerprint density at radius 2 is 1.82 bits per heavy atom. The number of hydroxylamine groups is 1. The second kappa shape index (κ2) is 12.1. The largest absolute Gasteiger partial charge is 0.374 e. The van der Waals surface area contributed by atoms with Crippen LogP contribution in [0.15, 0.2) is 0 Å². The molecule has 2 N–H and O–H groups in total. The van der Waals surface area contributed by atoms with Crippen molar-refractivity contribution in [2.45, 2.75) is 107 Å². The molecule has 0 spiro atoms. The molecule has 3 aliphatic rings. The molecule has 1 amide bonds. The van der Waals surface area contributed by atoms with Crippen molar-refractivity contribution in [3.8, 4) is 0 Å². The Bertz CT molecular complexity index is 471. The number of nitrogens with one attached hydrogen (secondary N) is 1. The van der Waals surface area contributed by atoms with E-state index in [4.69, 9.17) is 9.94 Å². The standard InChI is InChI=1S/C22H39NO3S2/c1-16(7-6-10-22(24)23-25)28-15-19-18(20-11-12-21(19)26-20)13-14-27-17-8-4-2-3-5-9-17/h16-21,25H,2-15H2,1H3,(H,23,24). The Balaban J connectivity index is 1.37. The number of ether oxygens (including phenoxy) is 1. The quantitative estimate of drug-likeness (QED) is 0.261. The van der Waals surface area contributed by atoms with Gasteiger partial charge in [-0.3, -0.25) is 10.0 Å². The Morgan fingerprint density at radius 3 is 2.54 bits per heavy atom. The van der Waals surface area contributed by atoms with E-state index >= 15 is 0 Å². The van der Waals surface area contributed by atoms with Crippen LogP contribution in [0, 0.1) is 11.8 Å². The Labute approximate surface area is 179 Å². The summed E-state index contributed by atoms with van der Waals surface area (Å²) in [6.07, 6.45) is 15.8. The van der Waals surface area contributed by atoms with Gasteiger partial charge in [-0.05, 0) is 68.3 Å². The number of fused-ring (bicyclic) bond motifs is 2. The predicted octanol–water partition coefficient (Wildman–Crippen LogP) is 5.42. The third kappa shape index (κ3) is 6.82. The summed E-state index contributed by atoms with van der Waals surface area (Å²) in [6, 6.07) is 0. The molecule has 6 heteroatoms. The van der Waals surface area contributed by atoms with Crippen molar-refractivity contribution in [2.75, 3.05) is 11.5 Å². The van der Waals surface area contributed by atoms with Crippen LogP contribution in [0.1, 0.15) is 84.0 Å². The Hall–Kier alpha value is 0.0900. The summed E-state index contributed by atoms with van der Waals surface area (Å²) < 4.78 is 6.32. The number of carbonyl (C=O) groups is 1. The van der Waals surface area contributed by atoms with E-state index in [1.807, 2.05) is 0 Å². The first kappa shape index (κ1) is 22.8. The van der Waals surface area contributed by atoms with Crippen molar-refractivity contribution in [3.63, 3.8) is 0 Å². The van der Waals surface area contributed by atoms with Crippen molar-refractivity contribution >= 4 is 29.4 Å². The first-order valence-electron chi connectivity index (χ1n) is 11.5. The van der Waals surface area contributed by atoms with E-state index in [1.165, 1.54) is 69.3 Å². The lowest BCUT2D eigenvalue weighted by Gasteiger charge is -2.29. The number of rotatable bonds is 11. The molecule has 2 bridgehead atoms. The van der Waals surface area contributed by atoms with Gasteiger partial charge in [-0.2, -0.15) is 23.5 Å². The third-order valence-corrected chi connectivity index (χ3v) is 9.71. The molecule has 4 nitrogen and oxygen atoms in total. The molecule has 1 saturated carbocycles. The summed E-state index contributed by atoms with van der Waals surface area (Å²) >= 11 is 4.31. The van der Waals surface area contributed by atoms with Gasteiger partial charge in [0.2, 0.25) is 5.91 Å². The maximum Gasteiger partial charge on any atom is 0.243 e. The fraction of sp³-hybridized carbons (Fsp3) is 0.955. The Kier molecular flexibility index (Phi) is 9.81. The predicted molar refractivity (Wildman–Crippen MR) is 119 cm³/mol. The van der Waals surface area contributed by atoms with Gasteiger partial charge in [-0.15, -0.1) is 0 Å². The van der Waals surface area contributed by atoms with E-state index in [9.17, 15) is 4.79 Å². The number of carbonyl (C=O) groups excluding carboxylic acids is 1. The van der Waals surface area contributed by atoms with Gasteiger partial charge < -0.3 is 4.74 Å². The molecule has 5 atom stereocenters. The van der Waals surface area contributed by atoms with Crippen molar-refractivity contribution in [1.29, 1.82) is 0 Å². The smallest absolute Gasteiger partial charge is 0.243 e. The number of hydrogen-bond donors (Lipinski definition) is 2. The molecule has 0 aromatic rings. The normalized spacial score (nSPS) is 31.6. The lowest BCUT2D eigenvalue weighted by atomic mass is 9.79. The maximum atomic E-state index is 11.1. The number of amides is 1. The second-order valence-corrected chi connectivity index (χ2v) is 11.8. The number of hydrogen-bond acceptors (Lipinski definition) is 5. The van der Waals surface area contributed by atoms with E-state index in [0.29, 0.717) is 23.9 Å². The minimum absolute atomic E-state index is 0.273. The number of thioether (sulfide) groups is 2. The minimum atomic E-state index is -0.273. The topological polar surface area (TPSA) is 58.6 Å². The molecule has 0 aromatic heterocycles. The lowest BCUT2D eigenvalue weighted by Crippen LogP contribution is -2.30. The SMILES string of the molecule is CC(CCCC(=O)NO)SCC1C2CCC(O2)C1CCSC1CCCCCC1. The van der Waals surface area contributed by atoms with Gasteiger partial charge in [0.15, 0.2) is 0 Å². The van der Waals surface area contributed by atoms with E-state index in [1.54, 1.807) is 5.48 Å². The molecule has 3 rings (SSSR count). The van der Waals surface area contributed by atoms with Crippen LogP contribution >= 0.6 is 23.5 Å². The summed E-state index contributed by atoms with van der Waals surface area (Å²) in [7, 11) is 0. The molecule has 3 fully saturated rings. The van der Waals surface area contributed by atoms with E-state index < -0.39 is 0 Å². The van der Waals surface area contributed by atoms with Crippen LogP contribution in [0.4, 0.5) is 0 Å².